The summed E-state index contributed by atoms with van der Waals surface area (Å²) in [6.45, 7) is 0. The first-order valence-electron chi connectivity index (χ1n) is 5.48. The first-order valence-corrected chi connectivity index (χ1v) is 7.14. The summed E-state index contributed by atoms with van der Waals surface area (Å²) in [4.78, 5) is 5.55. The quantitative estimate of drug-likeness (QED) is 0.602. The summed E-state index contributed by atoms with van der Waals surface area (Å²) in [6.07, 6.45) is 4.64. The Bertz CT molecular complexity index is 473. The number of alkyl halides is 1. The van der Waals surface area contributed by atoms with E-state index in [1.807, 2.05) is 30.3 Å². The maximum absolute atomic E-state index is 6.47. The molecule has 0 spiro atoms. The lowest BCUT2D eigenvalue weighted by atomic mass is 10.1. The van der Waals surface area contributed by atoms with Gasteiger partial charge in [0.05, 0.1) is 5.38 Å². The average Bonchev–Trinajstić information content (AvgIpc) is 2.40. The van der Waals surface area contributed by atoms with E-state index in [2.05, 4.69) is 23.4 Å². The van der Waals surface area contributed by atoms with E-state index in [1.54, 1.807) is 18.0 Å². The normalized spacial score (nSPS) is 12.4. The lowest BCUT2D eigenvalue weighted by Crippen LogP contribution is -1.99. The number of halogens is 1. The second-order valence-corrected chi connectivity index (χ2v) is 5.11. The SMILES string of the molecule is CSc1ccccc1C(Cl)Cc1ccccn1. The van der Waals surface area contributed by atoms with Crippen LogP contribution in [0.15, 0.2) is 53.6 Å². The summed E-state index contributed by atoms with van der Waals surface area (Å²) < 4.78 is 0. The van der Waals surface area contributed by atoms with Crippen molar-refractivity contribution in [2.45, 2.75) is 16.7 Å². The van der Waals surface area contributed by atoms with Gasteiger partial charge in [-0.3, -0.25) is 4.98 Å². The van der Waals surface area contributed by atoms with Gasteiger partial charge in [0.15, 0.2) is 0 Å². The fourth-order valence-electron chi connectivity index (χ4n) is 1.74. The van der Waals surface area contributed by atoms with Crippen molar-refractivity contribution in [2.75, 3.05) is 6.26 Å². The molecular formula is C14H14ClNS. The molecule has 17 heavy (non-hydrogen) atoms. The van der Waals surface area contributed by atoms with Gasteiger partial charge in [0.25, 0.3) is 0 Å². The molecule has 0 N–H and O–H groups in total. The van der Waals surface area contributed by atoms with Crippen LogP contribution in [-0.2, 0) is 6.42 Å². The van der Waals surface area contributed by atoms with Gasteiger partial charge >= 0.3 is 0 Å². The van der Waals surface area contributed by atoms with Crippen molar-refractivity contribution < 1.29 is 0 Å². The molecule has 1 unspecified atom stereocenters. The van der Waals surface area contributed by atoms with Crippen LogP contribution in [0.4, 0.5) is 0 Å². The number of thioether (sulfide) groups is 1. The lowest BCUT2D eigenvalue weighted by molar-refractivity contribution is 0.863. The minimum Gasteiger partial charge on any atom is -0.261 e. The van der Waals surface area contributed by atoms with E-state index >= 15 is 0 Å². The van der Waals surface area contributed by atoms with Crippen LogP contribution in [0, 0.1) is 0 Å². The number of nitrogens with zero attached hydrogens (tertiary/aromatic N) is 1. The van der Waals surface area contributed by atoms with Crippen LogP contribution in [0.1, 0.15) is 16.6 Å². The van der Waals surface area contributed by atoms with Crippen LogP contribution in [-0.4, -0.2) is 11.2 Å². The van der Waals surface area contributed by atoms with Crippen molar-refractivity contribution in [3.63, 3.8) is 0 Å². The highest BCUT2D eigenvalue weighted by Gasteiger charge is 2.12. The summed E-state index contributed by atoms with van der Waals surface area (Å²) in [6, 6.07) is 14.2. The van der Waals surface area contributed by atoms with Crippen LogP contribution in [0.25, 0.3) is 0 Å². The molecular weight excluding hydrogens is 250 g/mol. The molecule has 0 aliphatic rings. The standard InChI is InChI=1S/C14H14ClNS/c1-17-14-8-3-2-7-12(14)13(15)10-11-6-4-5-9-16-11/h2-9,13H,10H2,1H3. The van der Waals surface area contributed by atoms with Gasteiger partial charge in [-0.15, -0.1) is 23.4 Å². The van der Waals surface area contributed by atoms with Gasteiger partial charge < -0.3 is 0 Å². The highest BCUT2D eigenvalue weighted by Crippen LogP contribution is 2.31. The summed E-state index contributed by atoms with van der Waals surface area (Å²) in [7, 11) is 0. The first-order chi connectivity index (χ1) is 8.31. The van der Waals surface area contributed by atoms with E-state index in [0.29, 0.717) is 0 Å². The topological polar surface area (TPSA) is 12.9 Å². The van der Waals surface area contributed by atoms with Crippen LogP contribution < -0.4 is 0 Å². The molecule has 1 atom stereocenters. The number of pyridine rings is 1. The van der Waals surface area contributed by atoms with Crippen LogP contribution >= 0.6 is 23.4 Å². The summed E-state index contributed by atoms with van der Waals surface area (Å²) in [5, 5.41) is -0.0199. The Kier molecular flexibility index (Phi) is 4.46. The monoisotopic (exact) mass is 263 g/mol. The number of rotatable bonds is 4. The third kappa shape index (κ3) is 3.24. The van der Waals surface area contributed by atoms with Gasteiger partial charge in [-0.2, -0.15) is 0 Å². The van der Waals surface area contributed by atoms with Crippen LogP contribution in [0.5, 0.6) is 0 Å². The zero-order valence-electron chi connectivity index (χ0n) is 9.64. The maximum atomic E-state index is 6.47. The Hall–Kier alpha value is -0.990. The van der Waals surface area contributed by atoms with Crippen molar-refractivity contribution in [3.8, 4) is 0 Å². The van der Waals surface area contributed by atoms with E-state index in [4.69, 9.17) is 11.6 Å². The van der Waals surface area contributed by atoms with Crippen molar-refractivity contribution in [1.29, 1.82) is 0 Å². The smallest absolute Gasteiger partial charge is 0.0651 e. The van der Waals surface area contributed by atoms with Crippen molar-refractivity contribution in [2.24, 2.45) is 0 Å². The van der Waals surface area contributed by atoms with E-state index in [0.717, 1.165) is 12.1 Å². The number of aromatic nitrogens is 1. The second-order valence-electron chi connectivity index (χ2n) is 3.73. The Balaban J connectivity index is 2.17. The molecule has 0 saturated carbocycles. The molecule has 3 heteroatoms. The molecule has 1 heterocycles. The molecule has 88 valence electrons. The molecule has 2 rings (SSSR count). The Morgan fingerprint density at radius 3 is 2.65 bits per heavy atom. The molecule has 1 aromatic heterocycles. The van der Waals surface area contributed by atoms with Gasteiger partial charge in [0, 0.05) is 23.2 Å². The third-order valence-electron chi connectivity index (χ3n) is 2.59. The van der Waals surface area contributed by atoms with E-state index in [1.165, 1.54) is 10.5 Å². The number of hydrogen-bond donors (Lipinski definition) is 0. The average molecular weight is 264 g/mol. The minimum atomic E-state index is -0.0199. The lowest BCUT2D eigenvalue weighted by Gasteiger charge is -2.13. The largest absolute Gasteiger partial charge is 0.261 e. The highest BCUT2D eigenvalue weighted by atomic mass is 35.5. The van der Waals surface area contributed by atoms with Gasteiger partial charge in [0.2, 0.25) is 0 Å². The molecule has 0 saturated heterocycles. The maximum Gasteiger partial charge on any atom is 0.0651 e. The van der Waals surface area contributed by atoms with Crippen molar-refractivity contribution >= 4 is 23.4 Å². The van der Waals surface area contributed by atoms with E-state index in [9.17, 15) is 0 Å². The molecule has 0 aliphatic heterocycles. The molecule has 0 radical (unpaired) electrons. The predicted octanol–water partition coefficient (Wildman–Crippen LogP) is 4.33. The van der Waals surface area contributed by atoms with Gasteiger partial charge in [-0.1, -0.05) is 24.3 Å². The molecule has 1 aromatic carbocycles. The summed E-state index contributed by atoms with van der Waals surface area (Å²) in [5.74, 6) is 0. The second kappa shape index (κ2) is 6.08. The number of hydrogen-bond acceptors (Lipinski definition) is 2. The molecule has 0 amide bonds. The highest BCUT2D eigenvalue weighted by molar-refractivity contribution is 7.98. The molecule has 1 nitrogen and oxygen atoms in total. The number of benzene rings is 1. The fraction of sp³-hybridized carbons (Fsp3) is 0.214. The molecule has 0 fully saturated rings. The first kappa shape index (κ1) is 12.5. The Morgan fingerprint density at radius 2 is 1.94 bits per heavy atom. The van der Waals surface area contributed by atoms with E-state index < -0.39 is 0 Å². The van der Waals surface area contributed by atoms with Crippen molar-refractivity contribution in [3.05, 3.63) is 59.9 Å². The van der Waals surface area contributed by atoms with E-state index in [-0.39, 0.29) is 5.38 Å². The summed E-state index contributed by atoms with van der Waals surface area (Å²) in [5.41, 5.74) is 2.22. The zero-order chi connectivity index (χ0) is 12.1. The molecule has 0 aliphatic carbocycles. The predicted molar refractivity (Wildman–Crippen MR) is 74.8 cm³/mol. The van der Waals surface area contributed by atoms with Gasteiger partial charge in [0.1, 0.15) is 0 Å². The van der Waals surface area contributed by atoms with Gasteiger partial charge in [-0.05, 0) is 30.0 Å². The Labute approximate surface area is 111 Å². The van der Waals surface area contributed by atoms with Crippen molar-refractivity contribution in [1.82, 2.24) is 4.98 Å². The van der Waals surface area contributed by atoms with Crippen LogP contribution in [0.2, 0.25) is 0 Å². The molecule has 0 bridgehead atoms. The molecule has 2 aromatic rings. The zero-order valence-corrected chi connectivity index (χ0v) is 11.2. The van der Waals surface area contributed by atoms with Crippen LogP contribution in [0.3, 0.4) is 0 Å². The third-order valence-corrected chi connectivity index (χ3v) is 3.79. The minimum absolute atomic E-state index is 0.0199. The summed E-state index contributed by atoms with van der Waals surface area (Å²) >= 11 is 8.20. The Morgan fingerprint density at radius 1 is 1.18 bits per heavy atom. The van der Waals surface area contributed by atoms with Gasteiger partial charge in [-0.25, -0.2) is 0 Å². The fourth-order valence-corrected chi connectivity index (χ4v) is 2.81.